The van der Waals surface area contributed by atoms with Gasteiger partial charge in [-0.1, -0.05) is 24.3 Å². The van der Waals surface area contributed by atoms with Gasteiger partial charge in [-0.25, -0.2) is 9.97 Å². The first-order valence-electron chi connectivity index (χ1n) is 37.3. The Hall–Kier alpha value is -9.14. The van der Waals surface area contributed by atoms with Crippen LogP contribution in [0.15, 0.2) is 263 Å². The number of hydrogen-bond donors (Lipinski definition) is 0. The standard InChI is InChI=1S/C21H20N5.C17H14.C15H19N5.2C13H15N5.C10H10N2.Ir.Os.2Pt.Re/c1-3-18-11-19(4-1)13-24-8-10-26(17-24)15-21-6-2-5-20(22-21)14-25-9-7-23(12-18)16-25;1-3-13-7-9-17(15(5-1)11-13)10-8-14-4-2-6-16(17)12-14;1-17-6-8-19(12-17)10-14-4-3-5-15(16-14)11-20-9-7-18(2)13-20;2*1-15-6-8-17(10-15)12-4-3-5-13(14-12)18-9-7-16(2)11-18;1-11-7-8-12(9-11)10-5-3-2-4-6-10;;;;;/h1-10,16-17H,12-15H2;1-6H,7-10H2;3-9,12-13H,10-11H2,1-2H3;2*3-11H,1-2H3;2-5,7-9H,1H3;;;;;/q-3;5*-2;+3;+4;;+4;. The zero-order valence-electron chi connectivity index (χ0n) is 65.6. The predicted octanol–water partition coefficient (Wildman–Crippen LogP) is 13.6. The molecule has 0 unspecified atom stereocenters. The van der Waals surface area contributed by atoms with E-state index in [2.05, 4.69) is 219 Å². The zero-order valence-corrected chi connectivity index (χ0v) is 77.8. The summed E-state index contributed by atoms with van der Waals surface area (Å²) in [6, 6.07) is 65.9. The number of aromatic nitrogens is 4. The van der Waals surface area contributed by atoms with Crippen LogP contribution in [0.3, 0.4) is 0 Å². The van der Waals surface area contributed by atoms with Crippen molar-refractivity contribution in [3.8, 4) is 0 Å². The van der Waals surface area contributed by atoms with Crippen molar-refractivity contribution in [1.29, 1.82) is 0 Å². The fourth-order valence-corrected chi connectivity index (χ4v) is 14.0. The van der Waals surface area contributed by atoms with Crippen LogP contribution in [0.25, 0.3) is 0 Å². The molecule has 4 aromatic heterocycles. The molecule has 4 aromatic carbocycles. The van der Waals surface area contributed by atoms with Crippen molar-refractivity contribution in [2.24, 2.45) is 0 Å². The molecule has 14 heterocycles. The second kappa shape index (κ2) is 42.3. The quantitative estimate of drug-likeness (QED) is 0.128. The van der Waals surface area contributed by atoms with Crippen LogP contribution in [-0.4, -0.2) is 133 Å². The van der Waals surface area contributed by atoms with Crippen molar-refractivity contribution in [3.63, 3.8) is 0 Å². The first kappa shape index (κ1) is 89.2. The molecule has 0 saturated heterocycles. The van der Waals surface area contributed by atoms with Crippen molar-refractivity contribution in [1.82, 2.24) is 83.6 Å². The van der Waals surface area contributed by atoms with Gasteiger partial charge in [-0.3, -0.25) is 9.97 Å². The molecule has 605 valence electrons. The van der Waals surface area contributed by atoms with Crippen molar-refractivity contribution >= 4 is 29.0 Å². The third-order valence-electron chi connectivity index (χ3n) is 19.6. The van der Waals surface area contributed by atoms with Gasteiger partial charge in [0.2, 0.25) is 0 Å². The molecular formula is C89H93IrN22OsPt2Re-2. The van der Waals surface area contributed by atoms with Crippen molar-refractivity contribution < 1.29 is 102 Å². The van der Waals surface area contributed by atoms with E-state index in [0.717, 1.165) is 104 Å². The van der Waals surface area contributed by atoms with Gasteiger partial charge in [0, 0.05) is 67.7 Å². The maximum Gasteiger partial charge on any atom is 4.00 e. The molecule has 12 aliphatic rings. The molecule has 20 rings (SSSR count). The molecule has 12 bridgehead atoms. The summed E-state index contributed by atoms with van der Waals surface area (Å²) in [6.07, 6.45) is 41.3. The van der Waals surface area contributed by atoms with E-state index in [1.54, 1.807) is 0 Å². The molecule has 27 heteroatoms. The molecule has 1 spiro atoms. The SMILES string of the molecule is CN1C=CN(Cc2cccc(CN3C=CN(C)[CH-]3)n2)[CH-]1.CN1C=CN(c2[c-]cccc2)[CH-]1.CN1C=CN(c2cccc(N3C=CN(C)[CH-]3)n2)[CH-]1.CN1C=CN(c2cccc(N3C=CN(C)[CH-]3)n2)[CH-]1.[Ir+3].[Os+4].[Pt+4].[Pt].[Re].[c-]1c2cccc1C1(CC2)CCc2[c-]c1ccc2.[c-]1c2cccc1CN1C=CN([CH-]1)Cc1cccc(n1)CN1C=CN([CH-]1)C2. The van der Waals surface area contributed by atoms with E-state index in [9.17, 15) is 0 Å². The van der Waals surface area contributed by atoms with E-state index in [-0.39, 0.29) is 108 Å². The summed E-state index contributed by atoms with van der Waals surface area (Å²) in [5.74, 6) is 3.63. The molecular weight excluding hydrogens is 2340 g/mol. The molecule has 8 aromatic rings. The van der Waals surface area contributed by atoms with Gasteiger partial charge in [0.1, 0.15) is 23.3 Å². The Morgan fingerprint density at radius 1 is 0.336 bits per heavy atom. The van der Waals surface area contributed by atoms with Crippen molar-refractivity contribution in [2.75, 3.05) is 73.8 Å². The number of nitrogens with zero attached hydrogens (tertiary/aromatic N) is 22. The summed E-state index contributed by atoms with van der Waals surface area (Å²) < 4.78 is 0. The number of aryl methyl sites for hydroxylation is 2. The monoisotopic (exact) mass is 2430 g/mol. The fourth-order valence-electron chi connectivity index (χ4n) is 14.0. The summed E-state index contributed by atoms with van der Waals surface area (Å²) >= 11 is 0. The van der Waals surface area contributed by atoms with E-state index in [1.807, 2.05) is 277 Å². The predicted molar refractivity (Wildman–Crippen MR) is 436 cm³/mol. The Morgan fingerprint density at radius 2 is 0.690 bits per heavy atom. The van der Waals surface area contributed by atoms with Gasteiger partial charge in [0.05, 0.1) is 22.8 Å². The van der Waals surface area contributed by atoms with Crippen LogP contribution < -0.4 is 24.5 Å². The van der Waals surface area contributed by atoms with Crippen LogP contribution in [0.5, 0.6) is 0 Å². The summed E-state index contributed by atoms with van der Waals surface area (Å²) in [5, 5.41) is 0. The average molecular weight is 2430 g/mol. The van der Waals surface area contributed by atoms with Crippen LogP contribution >= 0.6 is 0 Å². The maximum atomic E-state index is 4.82. The molecule has 10 aliphatic heterocycles. The Kier molecular flexibility index (Phi) is 32.5. The minimum atomic E-state index is 0. The number of para-hydroxylation sites is 1. The fraction of sp³-hybridized carbons (Fsp3) is 0.202. The van der Waals surface area contributed by atoms with Gasteiger partial charge < -0.3 is 88.2 Å². The summed E-state index contributed by atoms with van der Waals surface area (Å²) in [4.78, 5) is 55.8. The van der Waals surface area contributed by atoms with Gasteiger partial charge >= 0.3 is 61.0 Å². The van der Waals surface area contributed by atoms with Crippen LogP contribution in [0.2, 0.25) is 0 Å². The Bertz CT molecular complexity index is 4380. The van der Waals surface area contributed by atoms with Gasteiger partial charge in [0.15, 0.2) is 0 Å². The number of fused-ring (bicyclic) bond motifs is 14. The number of hydrogen-bond acceptors (Lipinski definition) is 22. The Labute approximate surface area is 756 Å². The Balaban J connectivity index is 0.000000147. The van der Waals surface area contributed by atoms with E-state index < -0.39 is 0 Å². The minimum Gasteiger partial charge on any atom is -0.511 e. The van der Waals surface area contributed by atoms with Crippen LogP contribution in [0, 0.1) is 84.3 Å². The number of rotatable bonds is 9. The maximum absolute atomic E-state index is 4.82. The van der Waals surface area contributed by atoms with Gasteiger partial charge in [-0.15, -0.1) is 43.5 Å². The van der Waals surface area contributed by atoms with Gasteiger partial charge in [-0.2, -0.15) is 159 Å². The van der Waals surface area contributed by atoms with Crippen molar-refractivity contribution in [2.45, 2.75) is 70.4 Å². The summed E-state index contributed by atoms with van der Waals surface area (Å²) in [6.45, 7) is 23.1. The zero-order chi connectivity index (χ0) is 76.1. The number of benzene rings is 4. The molecule has 0 amide bonds. The normalized spacial score (nSPS) is 17.4. The third-order valence-corrected chi connectivity index (χ3v) is 19.6. The third kappa shape index (κ3) is 23.8. The second-order valence-electron chi connectivity index (χ2n) is 28.6. The molecule has 1 radical (unpaired) electrons. The van der Waals surface area contributed by atoms with Crippen LogP contribution in [0.1, 0.15) is 69.0 Å². The van der Waals surface area contributed by atoms with E-state index >= 15 is 0 Å². The molecule has 22 nitrogen and oxygen atoms in total. The molecule has 2 aliphatic carbocycles. The smallest absolute Gasteiger partial charge is 0.511 e. The Morgan fingerprint density at radius 3 is 1.07 bits per heavy atom. The average Bonchev–Trinajstić information content (AvgIpc) is 0.754. The largest absolute Gasteiger partial charge is 4.00 e. The summed E-state index contributed by atoms with van der Waals surface area (Å²) in [7, 11) is 14.0. The van der Waals surface area contributed by atoms with Crippen LogP contribution in [0.4, 0.5) is 29.0 Å². The molecule has 0 N–H and O–H groups in total. The first-order valence-corrected chi connectivity index (χ1v) is 37.3. The number of anilines is 5. The van der Waals surface area contributed by atoms with Gasteiger partial charge in [0.25, 0.3) is 0 Å². The van der Waals surface area contributed by atoms with Crippen LogP contribution in [-0.2, 0) is 160 Å². The topological polar surface area (TPSA) is 110 Å². The summed E-state index contributed by atoms with van der Waals surface area (Å²) in [5.41, 5.74) is 13.5. The first-order chi connectivity index (χ1) is 54.2. The molecule has 116 heavy (non-hydrogen) atoms. The number of pyridine rings is 4. The van der Waals surface area contributed by atoms with Crippen molar-refractivity contribution in [3.05, 3.63) is 404 Å². The van der Waals surface area contributed by atoms with Gasteiger partial charge in [-0.05, 0) is 254 Å². The van der Waals surface area contributed by atoms with E-state index in [1.165, 1.54) is 46.2 Å². The molecule has 0 fully saturated rings. The minimum absolute atomic E-state index is 0. The second-order valence-corrected chi connectivity index (χ2v) is 28.6. The van der Waals surface area contributed by atoms with E-state index in [4.69, 9.17) is 9.97 Å². The molecule has 0 atom stereocenters. The molecule has 0 saturated carbocycles. The van der Waals surface area contributed by atoms with E-state index in [0.29, 0.717) is 0 Å².